The first-order valence-corrected chi connectivity index (χ1v) is 13.6. The van der Waals surface area contributed by atoms with E-state index in [4.69, 9.17) is 5.11 Å². The molecule has 242 valence electrons. The van der Waals surface area contributed by atoms with Crippen LogP contribution in [0.2, 0.25) is 0 Å². The summed E-state index contributed by atoms with van der Waals surface area (Å²) in [5, 5.41) is 9.04. The van der Waals surface area contributed by atoms with Gasteiger partial charge in [0.1, 0.15) is 0 Å². The molecule has 0 aromatic heterocycles. The lowest BCUT2D eigenvalue weighted by Gasteiger charge is -2.45. The summed E-state index contributed by atoms with van der Waals surface area (Å²) in [4.78, 5) is 29.6. The number of piperazine rings is 1. The van der Waals surface area contributed by atoms with Crippen LogP contribution in [0, 0.1) is 0 Å². The number of piperidine rings is 1. The minimum absolute atomic E-state index is 0.150. The van der Waals surface area contributed by atoms with E-state index in [9.17, 15) is 49.1 Å². The molecule has 4 rings (SSSR count). The summed E-state index contributed by atoms with van der Waals surface area (Å²) < 4.78 is 122. The Morgan fingerprint density at radius 1 is 0.860 bits per heavy atom. The average molecular weight is 635 g/mol. The third-order valence-corrected chi connectivity index (χ3v) is 8.35. The number of ether oxygens (including phenoxy) is 1. The van der Waals surface area contributed by atoms with Crippen molar-refractivity contribution in [3.63, 3.8) is 0 Å². The molecule has 0 radical (unpaired) electrons. The fourth-order valence-corrected chi connectivity index (χ4v) is 6.12. The molecule has 3 heterocycles. The zero-order valence-corrected chi connectivity index (χ0v) is 22.9. The Morgan fingerprint density at radius 3 is 2.00 bits per heavy atom. The molecule has 43 heavy (non-hydrogen) atoms. The van der Waals surface area contributed by atoms with Crippen molar-refractivity contribution in [1.29, 1.82) is 0 Å². The van der Waals surface area contributed by atoms with Gasteiger partial charge in [-0.25, -0.2) is 4.79 Å². The normalized spacial score (nSPS) is 20.7. The predicted molar refractivity (Wildman–Crippen MR) is 133 cm³/mol. The van der Waals surface area contributed by atoms with E-state index in [0.29, 0.717) is 56.8 Å². The summed E-state index contributed by atoms with van der Waals surface area (Å²) in [7, 11) is 0. The number of carboxylic acids is 1. The third kappa shape index (κ3) is 7.77. The molecular weight excluding hydrogens is 603 g/mol. The van der Waals surface area contributed by atoms with Gasteiger partial charge in [-0.15, -0.1) is 0 Å². The van der Waals surface area contributed by atoms with Gasteiger partial charge in [-0.1, -0.05) is 6.07 Å². The van der Waals surface area contributed by atoms with Crippen LogP contribution < -0.4 is 4.90 Å². The number of alkyl halides is 9. The summed E-state index contributed by atoms with van der Waals surface area (Å²) in [6.07, 6.45) is -20.4. The molecule has 3 aliphatic heterocycles. The number of aliphatic carboxylic acids is 1. The molecule has 8 nitrogen and oxygen atoms in total. The number of halogens is 9. The second-order valence-corrected chi connectivity index (χ2v) is 11.1. The van der Waals surface area contributed by atoms with Gasteiger partial charge in [0.05, 0.1) is 12.1 Å². The lowest BCUT2D eigenvalue weighted by Crippen LogP contribution is -2.54. The highest BCUT2D eigenvalue weighted by Crippen LogP contribution is 2.42. The van der Waals surface area contributed by atoms with Crippen LogP contribution in [0.3, 0.4) is 0 Å². The van der Waals surface area contributed by atoms with Crippen molar-refractivity contribution in [3.05, 3.63) is 29.3 Å². The van der Waals surface area contributed by atoms with Gasteiger partial charge in [0.15, 0.2) is 0 Å². The fraction of sp³-hybridized carbons (Fsp3) is 0.692. The number of hydrogen-bond acceptors (Lipinski definition) is 6. The van der Waals surface area contributed by atoms with Gasteiger partial charge in [-0.2, -0.15) is 39.5 Å². The largest absolute Gasteiger partial charge is 0.480 e. The fourth-order valence-electron chi connectivity index (χ4n) is 6.12. The Morgan fingerprint density at radius 2 is 1.47 bits per heavy atom. The first kappa shape index (κ1) is 33.0. The number of carbonyl (C=O) groups is 2. The van der Waals surface area contributed by atoms with Crippen molar-refractivity contribution in [2.75, 3.05) is 57.3 Å². The molecular formula is C26H31F9N4O4. The number of nitrogens with zero attached hydrogens (tertiary/aromatic N) is 4. The maximum Gasteiger partial charge on any atom is 0.434 e. The van der Waals surface area contributed by atoms with Gasteiger partial charge in [-0.05, 0) is 49.9 Å². The highest BCUT2D eigenvalue weighted by molar-refractivity contribution is 5.69. The molecule has 0 aliphatic carbocycles. The minimum atomic E-state index is -5.82. The number of anilines is 1. The van der Waals surface area contributed by atoms with Crippen molar-refractivity contribution in [3.8, 4) is 0 Å². The molecule has 0 atom stereocenters. The quantitative estimate of drug-likeness (QED) is 0.443. The number of amides is 1. The van der Waals surface area contributed by atoms with E-state index in [1.54, 1.807) is 9.80 Å². The van der Waals surface area contributed by atoms with E-state index in [1.807, 2.05) is 0 Å². The minimum Gasteiger partial charge on any atom is -0.480 e. The summed E-state index contributed by atoms with van der Waals surface area (Å²) >= 11 is 0. The van der Waals surface area contributed by atoms with Gasteiger partial charge in [-0.3, -0.25) is 14.6 Å². The predicted octanol–water partition coefficient (Wildman–Crippen LogP) is 4.97. The van der Waals surface area contributed by atoms with Gasteiger partial charge in [0.2, 0.25) is 0 Å². The average Bonchev–Trinajstić information content (AvgIpc) is 3.27. The summed E-state index contributed by atoms with van der Waals surface area (Å²) in [5.74, 6) is -1.01. The van der Waals surface area contributed by atoms with Gasteiger partial charge in [0.25, 0.3) is 6.10 Å². The number of rotatable bonds is 6. The van der Waals surface area contributed by atoms with E-state index >= 15 is 0 Å². The van der Waals surface area contributed by atoms with E-state index in [2.05, 4.69) is 9.64 Å². The second kappa shape index (κ2) is 12.2. The highest BCUT2D eigenvalue weighted by atomic mass is 19.4. The summed E-state index contributed by atoms with van der Waals surface area (Å²) in [6, 6.07) is 3.45. The lowest BCUT2D eigenvalue weighted by atomic mass is 9.84. The molecule has 1 aromatic rings. The maximum atomic E-state index is 13.6. The molecule has 0 saturated carbocycles. The van der Waals surface area contributed by atoms with Crippen LogP contribution in [0.15, 0.2) is 18.2 Å². The van der Waals surface area contributed by atoms with Crippen LogP contribution in [0.1, 0.15) is 36.8 Å². The summed E-state index contributed by atoms with van der Waals surface area (Å²) in [6.45, 7) is 1.60. The van der Waals surface area contributed by atoms with Crippen LogP contribution in [0.25, 0.3) is 0 Å². The molecule has 3 saturated heterocycles. The topological polar surface area (TPSA) is 76.6 Å². The number of hydrogen-bond donors (Lipinski definition) is 1. The molecule has 1 N–H and O–H groups in total. The molecule has 0 bridgehead atoms. The standard InChI is InChI=1S/C26H31F9N4O4/c27-24(28,29)18-3-2-17(19(14-18)37-12-10-36(11-13-37)16-20(40)41)15-39-7-1-4-23(39)5-8-38(9-6-23)22(42)43-21(25(30,31)32)26(33,34)35/h2-3,14,21H,1,4-13,15-16H2,(H,40,41). The number of carbonyl (C=O) groups excluding carboxylic acids is 1. The van der Waals surface area contributed by atoms with Crippen LogP contribution in [0.4, 0.5) is 50.0 Å². The molecule has 3 aliphatic rings. The first-order valence-electron chi connectivity index (χ1n) is 13.6. The SMILES string of the molecule is O=C(O)CN1CCN(c2cc(C(F)(F)F)ccc2CN2CCCC23CCN(C(=O)OC(C(F)(F)F)C(F)(F)F)CC3)CC1. The van der Waals surface area contributed by atoms with Crippen molar-refractivity contribution in [1.82, 2.24) is 14.7 Å². The van der Waals surface area contributed by atoms with Gasteiger partial charge in [0, 0.05) is 57.0 Å². The third-order valence-electron chi connectivity index (χ3n) is 8.35. The van der Waals surface area contributed by atoms with Gasteiger partial charge >= 0.3 is 30.6 Å². The van der Waals surface area contributed by atoms with Crippen LogP contribution >= 0.6 is 0 Å². The highest BCUT2D eigenvalue weighted by Gasteiger charge is 2.60. The molecule has 3 fully saturated rings. The van der Waals surface area contributed by atoms with E-state index in [-0.39, 0.29) is 39.0 Å². The zero-order chi connectivity index (χ0) is 31.8. The van der Waals surface area contributed by atoms with Crippen LogP contribution in [-0.4, -0.2) is 108 Å². The van der Waals surface area contributed by atoms with E-state index in [0.717, 1.165) is 17.0 Å². The molecule has 0 unspecified atom stereocenters. The molecule has 1 spiro atoms. The number of likely N-dealkylation sites (tertiary alicyclic amines) is 2. The van der Waals surface area contributed by atoms with Crippen LogP contribution in [0.5, 0.6) is 0 Å². The molecule has 1 amide bonds. The van der Waals surface area contributed by atoms with Gasteiger partial charge < -0.3 is 19.6 Å². The number of carboxylic acid groups (broad SMARTS) is 1. The maximum absolute atomic E-state index is 13.6. The summed E-state index contributed by atoms with van der Waals surface area (Å²) in [5.41, 5.74) is -0.429. The van der Waals surface area contributed by atoms with Crippen molar-refractivity contribution < 1.29 is 58.9 Å². The Balaban J connectivity index is 1.47. The smallest absolute Gasteiger partial charge is 0.434 e. The number of benzene rings is 1. The Bertz CT molecular complexity index is 1140. The second-order valence-electron chi connectivity index (χ2n) is 11.1. The lowest BCUT2D eigenvalue weighted by molar-refractivity contribution is -0.308. The van der Waals surface area contributed by atoms with Crippen molar-refractivity contribution in [2.45, 2.75) is 62.4 Å². The Hall–Kier alpha value is -2.95. The zero-order valence-electron chi connectivity index (χ0n) is 22.9. The Labute approximate surface area is 240 Å². The van der Waals surface area contributed by atoms with E-state index in [1.165, 1.54) is 6.07 Å². The van der Waals surface area contributed by atoms with Crippen LogP contribution in [-0.2, 0) is 22.3 Å². The Kier molecular flexibility index (Phi) is 9.36. The molecule has 17 heteroatoms. The molecule has 1 aromatic carbocycles. The first-order chi connectivity index (χ1) is 19.9. The monoisotopic (exact) mass is 634 g/mol. The van der Waals surface area contributed by atoms with E-state index < -0.39 is 47.8 Å². The van der Waals surface area contributed by atoms with Crippen molar-refractivity contribution >= 4 is 17.7 Å². The van der Waals surface area contributed by atoms with Crippen molar-refractivity contribution in [2.24, 2.45) is 0 Å².